The highest BCUT2D eigenvalue weighted by molar-refractivity contribution is 5.86. The molecule has 1 atom stereocenters. The minimum absolute atomic E-state index is 0.00595. The van der Waals surface area contributed by atoms with Gasteiger partial charge in [-0.3, -0.25) is 14.2 Å². The lowest BCUT2D eigenvalue weighted by atomic mass is 9.78. The summed E-state index contributed by atoms with van der Waals surface area (Å²) in [5.74, 6) is 0.822. The molecule has 0 bridgehead atoms. The number of hydrogen-bond acceptors (Lipinski definition) is 4. The summed E-state index contributed by atoms with van der Waals surface area (Å²) >= 11 is 0. The molecule has 0 N–H and O–H groups in total. The van der Waals surface area contributed by atoms with Crippen LogP contribution in [0.2, 0.25) is 0 Å². The van der Waals surface area contributed by atoms with Crippen molar-refractivity contribution in [1.82, 2.24) is 19.4 Å². The molecule has 7 heteroatoms. The van der Waals surface area contributed by atoms with E-state index in [9.17, 15) is 14.4 Å². The predicted molar refractivity (Wildman–Crippen MR) is 100 cm³/mol. The van der Waals surface area contributed by atoms with Crippen LogP contribution in [-0.4, -0.2) is 57.3 Å². The third-order valence-electron chi connectivity index (χ3n) is 6.35. The first-order chi connectivity index (χ1) is 12.9. The number of carbonyl (C=O) groups excluding carboxylic acids is 2. The van der Waals surface area contributed by atoms with Gasteiger partial charge in [-0.2, -0.15) is 4.98 Å². The molecular weight excluding hydrogens is 344 g/mol. The van der Waals surface area contributed by atoms with Gasteiger partial charge in [-0.05, 0) is 57.9 Å². The van der Waals surface area contributed by atoms with Gasteiger partial charge in [-0.25, -0.2) is 4.79 Å². The SMILES string of the molecule is Cc1cc(C)n(CC(=O)N2CCC3(CCCN(CC4CC4)C3=O)C2)c(=O)n1. The first kappa shape index (κ1) is 18.2. The zero-order chi connectivity index (χ0) is 19.2. The van der Waals surface area contributed by atoms with Crippen molar-refractivity contribution in [2.45, 2.75) is 52.5 Å². The molecule has 1 aromatic heterocycles. The van der Waals surface area contributed by atoms with Crippen LogP contribution >= 0.6 is 0 Å². The van der Waals surface area contributed by atoms with Crippen molar-refractivity contribution in [3.63, 3.8) is 0 Å². The maximum atomic E-state index is 13.1. The number of carbonyl (C=O) groups is 2. The fourth-order valence-corrected chi connectivity index (χ4v) is 4.60. The standard InChI is InChI=1S/C20H28N4O3/c1-14-10-15(2)24(19(27)21-14)12-17(25)23-9-7-20(13-23)6-3-8-22(18(20)26)11-16-4-5-16/h10,16H,3-9,11-13H2,1-2H3. The van der Waals surface area contributed by atoms with Crippen LogP contribution in [0.5, 0.6) is 0 Å². The van der Waals surface area contributed by atoms with Gasteiger partial charge in [0.2, 0.25) is 11.8 Å². The van der Waals surface area contributed by atoms with E-state index < -0.39 is 5.41 Å². The molecule has 0 aromatic carbocycles. The quantitative estimate of drug-likeness (QED) is 0.793. The average Bonchev–Trinajstić information content (AvgIpc) is 3.33. The second-order valence-corrected chi connectivity index (χ2v) is 8.55. The van der Waals surface area contributed by atoms with Crippen LogP contribution < -0.4 is 5.69 Å². The predicted octanol–water partition coefficient (Wildman–Crippen LogP) is 1.11. The van der Waals surface area contributed by atoms with Crippen molar-refractivity contribution in [3.8, 4) is 0 Å². The maximum Gasteiger partial charge on any atom is 0.348 e. The largest absolute Gasteiger partial charge is 0.348 e. The molecule has 4 rings (SSSR count). The van der Waals surface area contributed by atoms with Crippen molar-refractivity contribution in [1.29, 1.82) is 0 Å². The van der Waals surface area contributed by atoms with Crippen LogP contribution in [0.4, 0.5) is 0 Å². The van der Waals surface area contributed by atoms with E-state index in [1.165, 1.54) is 17.4 Å². The van der Waals surface area contributed by atoms with E-state index in [0.717, 1.165) is 38.0 Å². The van der Waals surface area contributed by atoms with Crippen LogP contribution in [0, 0.1) is 25.2 Å². The Morgan fingerprint density at radius 1 is 1.22 bits per heavy atom. The molecule has 3 fully saturated rings. The number of amides is 2. The summed E-state index contributed by atoms with van der Waals surface area (Å²) in [7, 11) is 0. The topological polar surface area (TPSA) is 75.5 Å². The van der Waals surface area contributed by atoms with Gasteiger partial charge < -0.3 is 9.80 Å². The van der Waals surface area contributed by atoms with Gasteiger partial charge in [0.25, 0.3) is 0 Å². The van der Waals surface area contributed by atoms with Gasteiger partial charge in [0.1, 0.15) is 6.54 Å². The molecule has 2 aliphatic heterocycles. The molecule has 1 saturated carbocycles. The Morgan fingerprint density at radius 3 is 2.70 bits per heavy atom. The summed E-state index contributed by atoms with van der Waals surface area (Å²) in [5, 5.41) is 0. The second kappa shape index (κ2) is 6.77. The Kier molecular flexibility index (Phi) is 4.56. The Labute approximate surface area is 159 Å². The molecule has 2 amide bonds. The summed E-state index contributed by atoms with van der Waals surface area (Å²) in [6, 6.07) is 1.81. The van der Waals surface area contributed by atoms with E-state index in [2.05, 4.69) is 4.98 Å². The zero-order valence-electron chi connectivity index (χ0n) is 16.2. The van der Waals surface area contributed by atoms with Crippen molar-refractivity contribution in [2.24, 2.45) is 11.3 Å². The van der Waals surface area contributed by atoms with Crippen LogP contribution in [0.15, 0.2) is 10.9 Å². The summed E-state index contributed by atoms with van der Waals surface area (Å²) < 4.78 is 1.42. The van der Waals surface area contributed by atoms with Crippen LogP contribution in [0.3, 0.4) is 0 Å². The summed E-state index contributed by atoms with van der Waals surface area (Å²) in [5.41, 5.74) is 0.594. The minimum Gasteiger partial charge on any atom is -0.342 e. The molecule has 1 unspecified atom stereocenters. The van der Waals surface area contributed by atoms with E-state index in [0.29, 0.717) is 24.7 Å². The fraction of sp³-hybridized carbons (Fsp3) is 0.700. The highest BCUT2D eigenvalue weighted by atomic mass is 16.2. The van der Waals surface area contributed by atoms with E-state index >= 15 is 0 Å². The molecule has 1 aromatic rings. The maximum absolute atomic E-state index is 13.1. The van der Waals surface area contributed by atoms with Gasteiger partial charge >= 0.3 is 5.69 Å². The summed E-state index contributed by atoms with van der Waals surface area (Å²) in [4.78, 5) is 45.8. The van der Waals surface area contributed by atoms with E-state index in [1.54, 1.807) is 17.9 Å². The Morgan fingerprint density at radius 2 is 2.00 bits per heavy atom. The van der Waals surface area contributed by atoms with Gasteiger partial charge in [0, 0.05) is 37.6 Å². The Bertz CT molecular complexity index is 829. The summed E-state index contributed by atoms with van der Waals surface area (Å²) in [6.45, 7) is 6.40. The number of rotatable bonds is 4. The average molecular weight is 372 g/mol. The van der Waals surface area contributed by atoms with Gasteiger partial charge in [0.15, 0.2) is 0 Å². The number of likely N-dealkylation sites (tertiary alicyclic amines) is 2. The smallest absolute Gasteiger partial charge is 0.342 e. The lowest BCUT2D eigenvalue weighted by Crippen LogP contribution is -2.51. The molecule has 7 nitrogen and oxygen atoms in total. The number of hydrogen-bond donors (Lipinski definition) is 0. The fourth-order valence-electron chi connectivity index (χ4n) is 4.60. The first-order valence-corrected chi connectivity index (χ1v) is 10.0. The molecule has 1 spiro atoms. The second-order valence-electron chi connectivity index (χ2n) is 8.55. The molecule has 27 heavy (non-hydrogen) atoms. The Balaban J connectivity index is 1.45. The highest BCUT2D eigenvalue weighted by Gasteiger charge is 2.49. The number of aromatic nitrogens is 2. The van der Waals surface area contributed by atoms with Gasteiger partial charge in [-0.1, -0.05) is 0 Å². The third kappa shape index (κ3) is 3.51. The summed E-state index contributed by atoms with van der Waals surface area (Å²) in [6.07, 6.45) is 5.09. The van der Waals surface area contributed by atoms with Crippen molar-refractivity contribution >= 4 is 11.8 Å². The van der Waals surface area contributed by atoms with E-state index in [4.69, 9.17) is 0 Å². The van der Waals surface area contributed by atoms with Crippen molar-refractivity contribution in [3.05, 3.63) is 27.9 Å². The monoisotopic (exact) mass is 372 g/mol. The zero-order valence-corrected chi connectivity index (χ0v) is 16.2. The molecule has 1 aliphatic carbocycles. The van der Waals surface area contributed by atoms with Crippen molar-refractivity contribution < 1.29 is 9.59 Å². The van der Waals surface area contributed by atoms with Crippen LogP contribution in [-0.2, 0) is 16.1 Å². The normalized spacial score (nSPS) is 25.5. The highest BCUT2D eigenvalue weighted by Crippen LogP contribution is 2.41. The molecule has 3 heterocycles. The first-order valence-electron chi connectivity index (χ1n) is 10.0. The third-order valence-corrected chi connectivity index (χ3v) is 6.35. The van der Waals surface area contributed by atoms with Crippen molar-refractivity contribution in [2.75, 3.05) is 26.2 Å². The van der Waals surface area contributed by atoms with Gasteiger partial charge in [-0.15, -0.1) is 0 Å². The van der Waals surface area contributed by atoms with Gasteiger partial charge in [0.05, 0.1) is 5.41 Å². The minimum atomic E-state index is -0.408. The van der Waals surface area contributed by atoms with Crippen LogP contribution in [0.25, 0.3) is 0 Å². The molecule has 2 saturated heterocycles. The lowest BCUT2D eigenvalue weighted by molar-refractivity contribution is -0.146. The molecule has 0 radical (unpaired) electrons. The lowest BCUT2D eigenvalue weighted by Gasteiger charge is -2.39. The van der Waals surface area contributed by atoms with E-state index in [-0.39, 0.29) is 24.0 Å². The molecule has 3 aliphatic rings. The molecule has 146 valence electrons. The number of nitrogens with zero attached hydrogens (tertiary/aromatic N) is 4. The van der Waals surface area contributed by atoms with E-state index in [1.807, 2.05) is 11.8 Å². The number of aryl methyl sites for hydroxylation is 2. The molecular formula is C20H28N4O3. The Hall–Kier alpha value is -2.18. The van der Waals surface area contributed by atoms with Crippen LogP contribution in [0.1, 0.15) is 43.5 Å². The number of piperidine rings is 1.